The van der Waals surface area contributed by atoms with Gasteiger partial charge in [0.05, 0.1) is 11.4 Å². The van der Waals surface area contributed by atoms with Crippen LogP contribution >= 0.6 is 0 Å². The van der Waals surface area contributed by atoms with Crippen LogP contribution in [0.2, 0.25) is 0 Å². The van der Waals surface area contributed by atoms with Crippen molar-refractivity contribution in [3.8, 4) is 0 Å². The van der Waals surface area contributed by atoms with E-state index in [2.05, 4.69) is 101 Å². The first-order valence-electron chi connectivity index (χ1n) is 10.2. The van der Waals surface area contributed by atoms with Gasteiger partial charge in [-0.3, -0.25) is 0 Å². The van der Waals surface area contributed by atoms with Gasteiger partial charge >= 0.3 is 0 Å². The van der Waals surface area contributed by atoms with Crippen LogP contribution in [0.3, 0.4) is 0 Å². The Balaban J connectivity index is 0.00000136. The van der Waals surface area contributed by atoms with Crippen LogP contribution in [0.15, 0.2) is 61.7 Å². The van der Waals surface area contributed by atoms with E-state index in [-0.39, 0.29) is 34.0 Å². The summed E-state index contributed by atoms with van der Waals surface area (Å²) in [5, 5.41) is 0. The molecule has 31 heavy (non-hydrogen) atoms. The fraction of sp³-hybridized carbons (Fsp3) is 0.292. The van der Waals surface area contributed by atoms with Crippen molar-refractivity contribution >= 4 is 0 Å². The molecule has 0 spiro atoms. The molecule has 1 aliphatic heterocycles. The van der Waals surface area contributed by atoms with E-state index in [1.54, 1.807) is 0 Å². The number of nitrogens with zero attached hydrogens (tertiary/aromatic N) is 5. The predicted molar refractivity (Wildman–Crippen MR) is 111 cm³/mol. The van der Waals surface area contributed by atoms with E-state index in [9.17, 15) is 0 Å². The van der Waals surface area contributed by atoms with Crippen LogP contribution in [0.1, 0.15) is 39.2 Å². The molecule has 0 aliphatic carbocycles. The molecule has 0 unspecified atom stereocenters. The third-order valence-corrected chi connectivity index (χ3v) is 6.02. The second kappa shape index (κ2) is 9.49. The fourth-order valence-electron chi connectivity index (χ4n) is 4.46. The van der Waals surface area contributed by atoms with E-state index in [1.165, 1.54) is 27.8 Å². The molecule has 7 heteroatoms. The highest BCUT2D eigenvalue weighted by Gasteiger charge is 2.17. The van der Waals surface area contributed by atoms with Gasteiger partial charge in [-0.2, -0.15) is 0 Å². The zero-order valence-corrected chi connectivity index (χ0v) is 21.3. The lowest BCUT2D eigenvalue weighted by molar-refractivity contribution is -0.689. The number of aryl methyl sites for hydroxylation is 2. The first-order valence-corrected chi connectivity index (χ1v) is 10.2. The second-order valence-corrected chi connectivity index (χ2v) is 8.23. The molecule has 4 aromatic rings. The van der Waals surface area contributed by atoms with E-state index in [4.69, 9.17) is 4.98 Å². The Morgan fingerprint density at radius 1 is 0.774 bits per heavy atom. The molecule has 162 valence electrons. The molecule has 5 rings (SSSR count). The van der Waals surface area contributed by atoms with E-state index in [1.807, 2.05) is 0 Å². The van der Waals surface area contributed by atoms with Crippen molar-refractivity contribution in [1.29, 1.82) is 0 Å². The molecule has 5 nitrogen and oxygen atoms in total. The van der Waals surface area contributed by atoms with Gasteiger partial charge in [-0.1, -0.05) is 12.1 Å². The number of fused-ring (bicyclic) bond motifs is 8. The largest absolute Gasteiger partial charge is 1.00 e. The normalized spacial score (nSPS) is 12.6. The van der Waals surface area contributed by atoms with Gasteiger partial charge in [0.15, 0.2) is 0 Å². The van der Waals surface area contributed by atoms with E-state index >= 15 is 0 Å². The molecule has 3 aromatic heterocycles. The fourth-order valence-corrected chi connectivity index (χ4v) is 4.46. The lowest BCUT2D eigenvalue weighted by Crippen LogP contribution is -3.00. The highest BCUT2D eigenvalue weighted by atomic mass is 79.9. The number of hydrogen-bond acceptors (Lipinski definition) is 1. The van der Waals surface area contributed by atoms with Crippen LogP contribution in [0, 0.1) is 20.8 Å². The van der Waals surface area contributed by atoms with Gasteiger partial charge in [0.1, 0.15) is 51.0 Å². The third kappa shape index (κ3) is 4.83. The van der Waals surface area contributed by atoms with Crippen LogP contribution in [-0.2, 0) is 26.2 Å². The number of rotatable bonds is 0. The first kappa shape index (κ1) is 23.4. The predicted octanol–water partition coefficient (Wildman–Crippen LogP) is -3.30. The summed E-state index contributed by atoms with van der Waals surface area (Å²) >= 11 is 0. The molecule has 4 heterocycles. The van der Waals surface area contributed by atoms with Gasteiger partial charge in [-0.15, -0.1) is 0 Å². The quantitative estimate of drug-likeness (QED) is 0.188. The van der Waals surface area contributed by atoms with Crippen LogP contribution in [0.5, 0.6) is 0 Å². The summed E-state index contributed by atoms with van der Waals surface area (Å²) in [6.45, 7) is 10.1. The summed E-state index contributed by atoms with van der Waals surface area (Å²) in [5.74, 6) is 0. The van der Waals surface area contributed by atoms with Gasteiger partial charge in [0, 0.05) is 0 Å². The minimum Gasteiger partial charge on any atom is -1.00 e. The number of benzene rings is 1. The van der Waals surface area contributed by atoms with E-state index in [0.717, 1.165) is 37.6 Å². The highest BCUT2D eigenvalue weighted by Crippen LogP contribution is 2.22. The Labute approximate surface area is 204 Å². The maximum atomic E-state index is 4.87. The summed E-state index contributed by atoms with van der Waals surface area (Å²) in [7, 11) is 0. The van der Waals surface area contributed by atoms with Crippen LogP contribution in [0.4, 0.5) is 0 Å². The van der Waals surface area contributed by atoms with Gasteiger partial charge in [-0.25, -0.2) is 23.3 Å². The van der Waals surface area contributed by atoms with Crippen molar-refractivity contribution in [3.05, 3.63) is 101 Å². The Bertz CT molecular complexity index is 1120. The Kier molecular flexibility index (Phi) is 7.17. The van der Waals surface area contributed by atoms with Gasteiger partial charge in [0.2, 0.25) is 12.7 Å². The molecule has 1 aliphatic rings. The van der Waals surface area contributed by atoms with Gasteiger partial charge in [0.25, 0.3) is 0 Å². The summed E-state index contributed by atoms with van der Waals surface area (Å²) in [5.41, 5.74) is 9.14. The van der Waals surface area contributed by atoms with Gasteiger partial charge < -0.3 is 34.0 Å². The Hall–Kier alpha value is -2.25. The summed E-state index contributed by atoms with van der Waals surface area (Å²) < 4.78 is 8.96. The Morgan fingerprint density at radius 3 is 1.74 bits per heavy atom. The smallest absolute Gasteiger partial charge is 0.244 e. The number of pyridine rings is 1. The minimum absolute atomic E-state index is 0. The first-order chi connectivity index (χ1) is 14.0. The summed E-state index contributed by atoms with van der Waals surface area (Å²) in [6, 6.07) is 8.65. The molecule has 0 saturated carbocycles. The number of halogens is 2. The summed E-state index contributed by atoms with van der Waals surface area (Å²) in [6.07, 6.45) is 13.0. The molecule has 0 fully saturated rings. The molecule has 0 amide bonds. The zero-order chi connectivity index (χ0) is 20.0. The minimum atomic E-state index is 0. The molecule has 0 saturated heterocycles. The molecule has 0 N–H and O–H groups in total. The molecule has 0 atom stereocenters. The molecular weight excluding hydrogens is 518 g/mol. The standard InChI is InChI=1S/C24H27N5.2BrH/c1-18-11-19(2)24-15-29-10-8-27(17-29)13-22-6-4-5-21(25-22)12-26-7-9-28(16-26)14-23(18)20(24)3;;/h4-11,16-17H,12-15H2,1-3H3;2*1H/q+2;;/p-2. The maximum absolute atomic E-state index is 4.87. The van der Waals surface area contributed by atoms with Crippen molar-refractivity contribution in [2.24, 2.45) is 0 Å². The number of aromatic nitrogens is 5. The van der Waals surface area contributed by atoms with Crippen molar-refractivity contribution in [1.82, 2.24) is 14.1 Å². The van der Waals surface area contributed by atoms with Gasteiger partial charge in [-0.05, 0) is 60.7 Å². The topological polar surface area (TPSA) is 30.5 Å². The van der Waals surface area contributed by atoms with Crippen molar-refractivity contribution in [2.45, 2.75) is 47.0 Å². The average Bonchev–Trinajstić information content (AvgIpc) is 3.31. The maximum Gasteiger partial charge on any atom is 0.244 e. The zero-order valence-electron chi connectivity index (χ0n) is 18.1. The molecule has 1 aromatic carbocycles. The molecule has 8 bridgehead atoms. The van der Waals surface area contributed by atoms with Crippen LogP contribution in [0.25, 0.3) is 0 Å². The van der Waals surface area contributed by atoms with Crippen LogP contribution < -0.4 is 43.1 Å². The lowest BCUT2D eigenvalue weighted by Gasteiger charge is -2.15. The van der Waals surface area contributed by atoms with Crippen molar-refractivity contribution in [2.75, 3.05) is 0 Å². The lowest BCUT2D eigenvalue weighted by atomic mass is 9.93. The monoisotopic (exact) mass is 543 g/mol. The molecule has 0 radical (unpaired) electrons. The molecular formula is C24H27Br2N5. The van der Waals surface area contributed by atoms with E-state index in [0.29, 0.717) is 0 Å². The van der Waals surface area contributed by atoms with E-state index < -0.39 is 0 Å². The Morgan fingerprint density at radius 2 is 1.26 bits per heavy atom. The average molecular weight is 545 g/mol. The number of hydrogen-bond donors (Lipinski definition) is 0. The number of imidazole rings is 2. The SMILES string of the molecule is Cc1cc(C)c2c(C)c1C[n+]1ccn(c1)Cc1cccc(n1)Cn1cc[n+](c1)C2.[Br-].[Br-]. The van der Waals surface area contributed by atoms with Crippen molar-refractivity contribution < 1.29 is 43.1 Å². The van der Waals surface area contributed by atoms with Crippen LogP contribution in [-0.4, -0.2) is 14.1 Å². The second-order valence-electron chi connectivity index (χ2n) is 8.23. The van der Waals surface area contributed by atoms with Crippen molar-refractivity contribution in [3.63, 3.8) is 0 Å². The summed E-state index contributed by atoms with van der Waals surface area (Å²) in [4.78, 5) is 4.87. The highest BCUT2D eigenvalue weighted by molar-refractivity contribution is 5.44. The third-order valence-electron chi connectivity index (χ3n) is 6.02.